The van der Waals surface area contributed by atoms with E-state index in [-0.39, 0.29) is 16.2 Å². The predicted molar refractivity (Wildman–Crippen MR) is 430 cm³/mol. The lowest BCUT2D eigenvalue weighted by Gasteiger charge is -2.25. The van der Waals surface area contributed by atoms with Gasteiger partial charge < -0.3 is 14.7 Å². The highest BCUT2D eigenvalue weighted by molar-refractivity contribution is 5.92. The Labute approximate surface area is 590 Å². The molecule has 0 unspecified atom stereocenters. The minimum Gasteiger partial charge on any atom is -0.311 e. The second kappa shape index (κ2) is 32.5. The van der Waals surface area contributed by atoms with Crippen molar-refractivity contribution in [1.82, 2.24) is 0 Å². The van der Waals surface area contributed by atoms with Crippen molar-refractivity contribution in [2.75, 3.05) is 14.7 Å². The summed E-state index contributed by atoms with van der Waals surface area (Å²) >= 11 is 0. The van der Waals surface area contributed by atoms with Crippen LogP contribution in [0.5, 0.6) is 0 Å². The summed E-state index contributed by atoms with van der Waals surface area (Å²) in [5, 5.41) is 0. The van der Waals surface area contributed by atoms with E-state index >= 15 is 0 Å². The van der Waals surface area contributed by atoms with Crippen molar-refractivity contribution in [3.05, 3.63) is 414 Å². The van der Waals surface area contributed by atoms with Crippen LogP contribution in [0.1, 0.15) is 118 Å². The van der Waals surface area contributed by atoms with Gasteiger partial charge in [-0.3, -0.25) is 0 Å². The first-order chi connectivity index (χ1) is 48.0. The molecule has 0 fully saturated rings. The van der Waals surface area contributed by atoms with Crippen LogP contribution in [0.4, 0.5) is 51.2 Å². The summed E-state index contributed by atoms with van der Waals surface area (Å²) in [7, 11) is 0. The number of para-hydroxylation sites is 6. The smallest absolute Gasteiger partial charge is 0.0462 e. The van der Waals surface area contributed by atoms with Crippen molar-refractivity contribution in [3.8, 4) is 0 Å². The van der Waals surface area contributed by atoms with Gasteiger partial charge in [0, 0.05) is 51.2 Å². The summed E-state index contributed by atoms with van der Waals surface area (Å²) in [6.45, 7) is 20.2. The highest BCUT2D eigenvalue weighted by atomic mass is 15.2. The molecule has 13 aromatic carbocycles. The average molecular weight is 1290 g/mol. The number of benzene rings is 13. The van der Waals surface area contributed by atoms with E-state index < -0.39 is 0 Å². The molecule has 0 saturated heterocycles. The molecule has 3 heteroatoms. The second-order valence-electron chi connectivity index (χ2n) is 28.0. The zero-order valence-corrected chi connectivity index (χ0v) is 58.8. The molecule has 0 heterocycles. The van der Waals surface area contributed by atoms with Crippen LogP contribution in [-0.2, 0) is 16.2 Å². The van der Waals surface area contributed by atoms with Crippen molar-refractivity contribution in [2.45, 2.75) is 78.6 Å². The molecule has 0 aromatic heterocycles. The fraction of sp³-hybridized carbons (Fsp3) is 0.125. The Bertz CT molecular complexity index is 4540. The van der Waals surface area contributed by atoms with Gasteiger partial charge in [0.15, 0.2) is 0 Å². The number of hydrogen-bond donors (Lipinski definition) is 0. The lowest BCUT2D eigenvalue weighted by Crippen LogP contribution is -2.10. The zero-order valence-electron chi connectivity index (χ0n) is 58.8. The van der Waals surface area contributed by atoms with Crippen LogP contribution >= 0.6 is 0 Å². The van der Waals surface area contributed by atoms with Gasteiger partial charge in [0.1, 0.15) is 0 Å². The van der Waals surface area contributed by atoms with E-state index in [1.54, 1.807) is 0 Å². The molecule has 0 atom stereocenters. The Morgan fingerprint density at radius 2 is 0.444 bits per heavy atom. The second-order valence-corrected chi connectivity index (χ2v) is 28.0. The average Bonchev–Trinajstić information content (AvgIpc) is 0.970. The first-order valence-electron chi connectivity index (χ1n) is 34.5. The summed E-state index contributed by atoms with van der Waals surface area (Å²) in [5.41, 5.74) is 24.4. The monoisotopic (exact) mass is 1290 g/mol. The third-order valence-corrected chi connectivity index (χ3v) is 17.5. The summed E-state index contributed by atoms with van der Waals surface area (Å²) < 4.78 is 0. The van der Waals surface area contributed by atoms with Crippen molar-refractivity contribution in [2.24, 2.45) is 0 Å². The topological polar surface area (TPSA) is 9.72 Å². The van der Waals surface area contributed by atoms with E-state index in [1.165, 1.54) is 61.2 Å². The summed E-state index contributed by atoms with van der Waals surface area (Å²) in [4.78, 5) is 6.85. The van der Waals surface area contributed by atoms with Crippen molar-refractivity contribution < 1.29 is 0 Å². The molecule has 13 aromatic rings. The van der Waals surface area contributed by atoms with Crippen LogP contribution in [0, 0.1) is 0 Å². The standard InChI is InChI=1S/C36H33N.2C30H29N/c1-36(2,3)31-23-19-28(20-24-31)27-35(29-13-7-4-8-14-29)30-21-25-34(26-22-30)37(32-15-9-5-10-16-32)33-17-11-6-12-18-33;1-30(2,3)26-12-10-11-25(23-26)18-17-24-19-21-29(22-20-24)31(27-13-6-4-7-14-27)28-15-8-5-9-16-28;1-30(2,3)26-20-16-24(17-21-26)14-15-25-18-22-29(23-19-25)31(27-10-6-4-7-11-27)28-12-8-5-9-13-28/h4-27H,1-3H3;2*4-23H,1-3H3/b35-27+;18-17+;15-14+. The van der Waals surface area contributed by atoms with Crippen LogP contribution in [-0.4, -0.2) is 0 Å². The number of anilines is 9. The third-order valence-electron chi connectivity index (χ3n) is 17.5. The van der Waals surface area contributed by atoms with E-state index in [1.807, 2.05) is 0 Å². The van der Waals surface area contributed by atoms with Gasteiger partial charge in [-0.15, -0.1) is 0 Å². The molecule has 0 saturated carbocycles. The Morgan fingerprint density at radius 1 is 0.202 bits per heavy atom. The zero-order chi connectivity index (χ0) is 69.0. The van der Waals surface area contributed by atoms with Crippen molar-refractivity contribution in [3.63, 3.8) is 0 Å². The maximum absolute atomic E-state index is 2.29. The predicted octanol–water partition coefficient (Wildman–Crippen LogP) is 27.3. The number of hydrogen-bond acceptors (Lipinski definition) is 3. The number of rotatable bonds is 16. The van der Waals surface area contributed by atoms with E-state index in [4.69, 9.17) is 0 Å². The molecule has 0 aliphatic heterocycles. The molecular weight excluding hydrogens is 1200 g/mol. The van der Waals surface area contributed by atoms with E-state index in [0.29, 0.717) is 0 Å². The molecule has 0 amide bonds. The van der Waals surface area contributed by atoms with Crippen LogP contribution in [0.25, 0.3) is 36.0 Å². The van der Waals surface area contributed by atoms with Crippen LogP contribution in [0.3, 0.4) is 0 Å². The molecule has 0 aliphatic carbocycles. The summed E-state index contributed by atoms with van der Waals surface area (Å²) in [6.07, 6.45) is 11.0. The minimum atomic E-state index is 0.143. The van der Waals surface area contributed by atoms with E-state index in [0.717, 1.165) is 51.2 Å². The maximum Gasteiger partial charge on any atom is 0.0462 e. The van der Waals surface area contributed by atoms with E-state index in [2.05, 4.69) is 465 Å². The maximum atomic E-state index is 2.29. The Hall–Kier alpha value is -11.5. The van der Waals surface area contributed by atoms with Crippen LogP contribution in [0.15, 0.2) is 358 Å². The Kier molecular flexibility index (Phi) is 22.6. The van der Waals surface area contributed by atoms with Crippen molar-refractivity contribution in [1.29, 1.82) is 0 Å². The fourth-order valence-corrected chi connectivity index (χ4v) is 11.8. The van der Waals surface area contributed by atoms with Gasteiger partial charge >= 0.3 is 0 Å². The quantitative estimate of drug-likeness (QED) is 0.0893. The van der Waals surface area contributed by atoms with Gasteiger partial charge in [-0.05, 0) is 193 Å². The minimum absolute atomic E-state index is 0.143. The van der Waals surface area contributed by atoms with Gasteiger partial charge in [-0.1, -0.05) is 335 Å². The summed E-state index contributed by atoms with van der Waals surface area (Å²) in [5.74, 6) is 0. The normalized spacial score (nSPS) is 11.7. The molecular formula is C96H91N3. The van der Waals surface area contributed by atoms with Crippen LogP contribution in [0.2, 0.25) is 0 Å². The molecule has 3 nitrogen and oxygen atoms in total. The third kappa shape index (κ3) is 18.9. The molecule has 0 aliphatic rings. The molecule has 0 spiro atoms. The highest BCUT2D eigenvalue weighted by Gasteiger charge is 2.18. The van der Waals surface area contributed by atoms with Gasteiger partial charge in [0.2, 0.25) is 0 Å². The fourth-order valence-electron chi connectivity index (χ4n) is 11.8. The SMILES string of the molecule is CC(C)(C)c1ccc(/C=C(\c2ccccc2)c2ccc(N(c3ccccc3)c3ccccc3)cc2)cc1.CC(C)(C)c1ccc(/C=C/c2ccc(N(c3ccccc3)c3ccccc3)cc2)cc1.CC(C)(C)c1cccc(/C=C/c2ccc(N(c3ccccc3)c3ccccc3)cc2)c1. The first-order valence-corrected chi connectivity index (χ1v) is 34.5. The van der Waals surface area contributed by atoms with Gasteiger partial charge in [0.05, 0.1) is 0 Å². The van der Waals surface area contributed by atoms with Crippen molar-refractivity contribution >= 4 is 87.1 Å². The lowest BCUT2D eigenvalue weighted by atomic mass is 9.86. The molecule has 0 N–H and O–H groups in total. The highest BCUT2D eigenvalue weighted by Crippen LogP contribution is 2.39. The van der Waals surface area contributed by atoms with Gasteiger partial charge in [-0.25, -0.2) is 0 Å². The Balaban J connectivity index is 0.000000151. The Morgan fingerprint density at radius 3 is 0.747 bits per heavy atom. The lowest BCUT2D eigenvalue weighted by molar-refractivity contribution is 0.590. The largest absolute Gasteiger partial charge is 0.311 e. The molecule has 0 radical (unpaired) electrons. The summed E-state index contributed by atoms with van der Waals surface area (Å²) in [6, 6.07) is 127. The van der Waals surface area contributed by atoms with Crippen LogP contribution < -0.4 is 14.7 Å². The molecule has 490 valence electrons. The van der Waals surface area contributed by atoms with E-state index in [9.17, 15) is 0 Å². The molecule has 99 heavy (non-hydrogen) atoms. The van der Waals surface area contributed by atoms with Gasteiger partial charge in [0.25, 0.3) is 0 Å². The van der Waals surface area contributed by atoms with Gasteiger partial charge in [-0.2, -0.15) is 0 Å². The number of nitrogens with zero attached hydrogens (tertiary/aromatic N) is 3. The first kappa shape index (κ1) is 68.9. The molecule has 0 bridgehead atoms. The molecule has 13 rings (SSSR count).